The number of nitrogens with one attached hydrogen (secondary N) is 2. The van der Waals surface area contributed by atoms with E-state index in [-0.39, 0.29) is 24.0 Å². The monoisotopic (exact) mass is 493 g/mol. The summed E-state index contributed by atoms with van der Waals surface area (Å²) in [5.74, 6) is 2.02. The molecule has 1 aliphatic rings. The summed E-state index contributed by atoms with van der Waals surface area (Å²) in [7, 11) is 4.06. The zero-order valence-electron chi connectivity index (χ0n) is 16.9. The summed E-state index contributed by atoms with van der Waals surface area (Å²) >= 11 is 1.76. The number of nitrogens with zero attached hydrogens (tertiary/aromatic N) is 3. The average molecular weight is 494 g/mol. The molecule has 0 aliphatic carbocycles. The van der Waals surface area contributed by atoms with Crippen molar-refractivity contribution in [3.63, 3.8) is 0 Å². The maximum atomic E-state index is 4.40. The molecule has 1 saturated heterocycles. The Hall–Kier alpha value is -0.380. The number of hydrogen-bond acceptors (Lipinski definition) is 4. The molecule has 2 rings (SSSR count). The van der Waals surface area contributed by atoms with Crippen molar-refractivity contribution >= 4 is 41.3 Å². The van der Waals surface area contributed by atoms with Gasteiger partial charge < -0.3 is 15.5 Å². The zero-order valence-corrected chi connectivity index (χ0v) is 20.0. The van der Waals surface area contributed by atoms with Crippen LogP contribution in [0.1, 0.15) is 32.3 Å². The zero-order chi connectivity index (χ0) is 18.2. The van der Waals surface area contributed by atoms with Crippen LogP contribution in [0.2, 0.25) is 0 Å². The lowest BCUT2D eigenvalue weighted by Gasteiger charge is -2.40. The SMILES string of the molecule is CN=C(NCC(C)c1ccsc1)NCC(C(C)C)N1CCN(C)CC1.I. The molecule has 1 aromatic heterocycles. The number of guanidine groups is 1. The highest BCUT2D eigenvalue weighted by Crippen LogP contribution is 2.17. The van der Waals surface area contributed by atoms with Gasteiger partial charge >= 0.3 is 0 Å². The summed E-state index contributed by atoms with van der Waals surface area (Å²) in [6.07, 6.45) is 0. The van der Waals surface area contributed by atoms with Gasteiger partial charge in [-0.2, -0.15) is 11.3 Å². The van der Waals surface area contributed by atoms with Crippen molar-refractivity contribution in [2.24, 2.45) is 10.9 Å². The summed E-state index contributed by atoms with van der Waals surface area (Å²) in [6, 6.07) is 2.75. The lowest BCUT2D eigenvalue weighted by atomic mass is 10.0. The van der Waals surface area contributed by atoms with E-state index in [0.29, 0.717) is 17.9 Å². The maximum absolute atomic E-state index is 4.40. The number of rotatable bonds is 7. The standard InChI is InChI=1S/C19H35N5S.HI/c1-15(2)18(24-9-7-23(5)8-10-24)13-22-19(20-4)21-12-16(3)17-6-11-25-14-17;/h6,11,14-16,18H,7-10,12-13H2,1-5H3,(H2,20,21,22);1H. The smallest absolute Gasteiger partial charge is 0.191 e. The molecule has 0 aromatic carbocycles. The Labute approximate surface area is 180 Å². The number of likely N-dealkylation sites (N-methyl/N-ethyl adjacent to an activating group) is 1. The van der Waals surface area contributed by atoms with Gasteiger partial charge in [0.25, 0.3) is 0 Å². The molecule has 0 radical (unpaired) electrons. The quantitative estimate of drug-likeness (QED) is 0.348. The van der Waals surface area contributed by atoms with Crippen molar-refractivity contribution < 1.29 is 0 Å². The van der Waals surface area contributed by atoms with Gasteiger partial charge in [0.1, 0.15) is 0 Å². The highest BCUT2D eigenvalue weighted by molar-refractivity contribution is 14.0. The fourth-order valence-corrected chi connectivity index (χ4v) is 4.07. The molecule has 0 spiro atoms. The summed E-state index contributed by atoms with van der Waals surface area (Å²) < 4.78 is 0. The predicted octanol–water partition coefficient (Wildman–Crippen LogP) is 2.91. The first kappa shape index (κ1) is 23.7. The summed E-state index contributed by atoms with van der Waals surface area (Å²) in [5.41, 5.74) is 1.39. The first-order valence-electron chi connectivity index (χ1n) is 9.40. The fraction of sp³-hybridized carbons (Fsp3) is 0.737. The lowest BCUT2D eigenvalue weighted by molar-refractivity contribution is 0.0900. The second-order valence-corrected chi connectivity index (χ2v) is 8.22. The highest BCUT2D eigenvalue weighted by atomic mass is 127. The molecule has 7 heteroatoms. The third-order valence-electron chi connectivity index (χ3n) is 5.17. The molecule has 26 heavy (non-hydrogen) atoms. The highest BCUT2D eigenvalue weighted by Gasteiger charge is 2.25. The Bertz CT molecular complexity index is 512. The first-order valence-corrected chi connectivity index (χ1v) is 10.3. The van der Waals surface area contributed by atoms with Crippen molar-refractivity contribution in [3.05, 3.63) is 22.4 Å². The van der Waals surface area contributed by atoms with E-state index in [4.69, 9.17) is 0 Å². The number of halogens is 1. The van der Waals surface area contributed by atoms with Crippen LogP contribution in [-0.4, -0.2) is 75.2 Å². The van der Waals surface area contributed by atoms with Gasteiger partial charge in [-0.05, 0) is 41.3 Å². The van der Waals surface area contributed by atoms with Crippen LogP contribution < -0.4 is 10.6 Å². The lowest BCUT2D eigenvalue weighted by Crippen LogP contribution is -2.55. The van der Waals surface area contributed by atoms with Crippen LogP contribution in [0.5, 0.6) is 0 Å². The Morgan fingerprint density at radius 3 is 2.35 bits per heavy atom. The van der Waals surface area contributed by atoms with E-state index in [1.807, 2.05) is 7.05 Å². The van der Waals surface area contributed by atoms with Gasteiger partial charge in [0.05, 0.1) is 0 Å². The normalized spacial score (nSPS) is 19.1. The Kier molecular flexibility index (Phi) is 11.1. The van der Waals surface area contributed by atoms with Crippen LogP contribution in [0, 0.1) is 5.92 Å². The van der Waals surface area contributed by atoms with Crippen LogP contribution in [0.25, 0.3) is 0 Å². The van der Waals surface area contributed by atoms with Crippen LogP contribution in [-0.2, 0) is 0 Å². The molecule has 1 aromatic rings. The number of piperazine rings is 1. The van der Waals surface area contributed by atoms with E-state index in [1.54, 1.807) is 11.3 Å². The summed E-state index contributed by atoms with van der Waals surface area (Å²) in [5, 5.41) is 11.4. The first-order chi connectivity index (χ1) is 12.0. The van der Waals surface area contributed by atoms with Crippen LogP contribution in [0.15, 0.2) is 21.8 Å². The Morgan fingerprint density at radius 2 is 1.81 bits per heavy atom. The molecule has 0 bridgehead atoms. The van der Waals surface area contributed by atoms with Crippen molar-refractivity contribution in [2.45, 2.75) is 32.7 Å². The summed E-state index contributed by atoms with van der Waals surface area (Å²) in [4.78, 5) is 9.43. The van der Waals surface area contributed by atoms with E-state index in [1.165, 1.54) is 5.56 Å². The van der Waals surface area contributed by atoms with Crippen LogP contribution >= 0.6 is 35.3 Å². The number of hydrogen-bond donors (Lipinski definition) is 2. The number of thiophene rings is 1. The van der Waals surface area contributed by atoms with Gasteiger partial charge in [-0.1, -0.05) is 20.8 Å². The molecule has 1 fully saturated rings. The Balaban J connectivity index is 0.00000338. The topological polar surface area (TPSA) is 42.9 Å². The van der Waals surface area contributed by atoms with Crippen molar-refractivity contribution in [1.29, 1.82) is 0 Å². The van der Waals surface area contributed by atoms with Gasteiger partial charge in [-0.15, -0.1) is 24.0 Å². The molecule has 1 aliphatic heterocycles. The number of aliphatic imine (C=N–C) groups is 1. The summed E-state index contributed by atoms with van der Waals surface area (Å²) in [6.45, 7) is 13.4. The van der Waals surface area contributed by atoms with Crippen LogP contribution in [0.4, 0.5) is 0 Å². The van der Waals surface area contributed by atoms with Crippen LogP contribution in [0.3, 0.4) is 0 Å². The average Bonchev–Trinajstić information content (AvgIpc) is 3.13. The molecule has 2 heterocycles. The van der Waals surface area contributed by atoms with E-state index < -0.39 is 0 Å². The van der Waals surface area contributed by atoms with Crippen molar-refractivity contribution in [2.75, 3.05) is 53.4 Å². The van der Waals surface area contributed by atoms with Gasteiger partial charge in [0, 0.05) is 52.4 Å². The fourth-order valence-electron chi connectivity index (χ4n) is 3.28. The van der Waals surface area contributed by atoms with E-state index in [9.17, 15) is 0 Å². The van der Waals surface area contributed by atoms with E-state index in [0.717, 1.165) is 45.2 Å². The molecular weight excluding hydrogens is 457 g/mol. The minimum Gasteiger partial charge on any atom is -0.356 e. The predicted molar refractivity (Wildman–Crippen MR) is 125 cm³/mol. The van der Waals surface area contributed by atoms with Crippen molar-refractivity contribution in [1.82, 2.24) is 20.4 Å². The van der Waals surface area contributed by atoms with Gasteiger partial charge in [-0.3, -0.25) is 9.89 Å². The molecule has 5 nitrogen and oxygen atoms in total. The van der Waals surface area contributed by atoms with Gasteiger partial charge in [0.2, 0.25) is 0 Å². The molecule has 2 atom stereocenters. The molecule has 2 N–H and O–H groups in total. The largest absolute Gasteiger partial charge is 0.356 e. The molecule has 150 valence electrons. The minimum atomic E-state index is 0. The van der Waals surface area contributed by atoms with E-state index in [2.05, 4.69) is 70.1 Å². The maximum Gasteiger partial charge on any atom is 0.191 e. The third-order valence-corrected chi connectivity index (χ3v) is 5.87. The molecule has 0 saturated carbocycles. The second-order valence-electron chi connectivity index (χ2n) is 7.44. The Morgan fingerprint density at radius 1 is 1.15 bits per heavy atom. The molecule has 2 unspecified atom stereocenters. The van der Waals surface area contributed by atoms with Crippen molar-refractivity contribution in [3.8, 4) is 0 Å². The van der Waals surface area contributed by atoms with Gasteiger partial charge in [0.15, 0.2) is 5.96 Å². The third kappa shape index (κ3) is 7.32. The molecular formula is C19H36IN5S. The van der Waals surface area contributed by atoms with Gasteiger partial charge in [-0.25, -0.2) is 0 Å². The van der Waals surface area contributed by atoms with E-state index >= 15 is 0 Å². The molecule has 0 amide bonds. The minimum absolute atomic E-state index is 0. The second kappa shape index (κ2) is 12.2.